The Morgan fingerprint density at radius 3 is 2.57 bits per heavy atom. The fourth-order valence-corrected chi connectivity index (χ4v) is 1.88. The third kappa shape index (κ3) is 1.31. The number of hydrogen-bond donors (Lipinski definition) is 1. The molecule has 2 heterocycles. The van der Waals surface area contributed by atoms with Crippen molar-refractivity contribution >= 4 is 29.6 Å². The highest BCUT2D eigenvalue weighted by atomic mass is 32.1. The highest BCUT2D eigenvalue weighted by molar-refractivity contribution is 7.77. The molecule has 0 atom stereocenters. The third-order valence-corrected chi connectivity index (χ3v) is 2.81. The van der Waals surface area contributed by atoms with Gasteiger partial charge in [-0.1, -0.05) is 0 Å². The molecule has 0 saturated carbocycles. The first-order valence-electron chi connectivity index (χ1n) is 4.34. The highest BCUT2D eigenvalue weighted by Gasteiger charge is 2.48. The van der Waals surface area contributed by atoms with E-state index in [4.69, 9.17) is 4.74 Å². The Hall–Kier alpha value is -1.01. The molecule has 0 aromatic heterocycles. The smallest absolute Gasteiger partial charge is 0.261 e. The Balaban J connectivity index is 2.33. The van der Waals surface area contributed by atoms with Gasteiger partial charge in [0.05, 0.1) is 0 Å². The van der Waals surface area contributed by atoms with Crippen molar-refractivity contribution in [3.05, 3.63) is 0 Å². The number of rotatable bonds is 0. The first kappa shape index (κ1) is 9.54. The lowest BCUT2D eigenvalue weighted by Gasteiger charge is -2.36. The molecular weight excluding hydrogens is 204 g/mol. The summed E-state index contributed by atoms with van der Waals surface area (Å²) >= 11 is 4.66. The van der Waals surface area contributed by atoms with E-state index in [0.717, 1.165) is 0 Å². The average Bonchev–Trinajstić information content (AvgIpc) is 2.16. The number of hydrogen-bond acceptors (Lipinski definition) is 4. The van der Waals surface area contributed by atoms with Crippen molar-refractivity contribution in [2.24, 2.45) is 10.4 Å². The van der Waals surface area contributed by atoms with E-state index in [1.807, 2.05) is 0 Å². The van der Waals surface area contributed by atoms with Crippen molar-refractivity contribution in [2.75, 3.05) is 13.2 Å². The maximum atomic E-state index is 11.7. The van der Waals surface area contributed by atoms with E-state index in [1.54, 1.807) is 0 Å². The average molecular weight is 213 g/mol. The minimum atomic E-state index is -1.01. The van der Waals surface area contributed by atoms with Crippen LogP contribution in [0.5, 0.6) is 0 Å². The van der Waals surface area contributed by atoms with Crippen molar-refractivity contribution in [3.63, 3.8) is 0 Å². The second-order valence-corrected chi connectivity index (χ2v) is 3.76. The Kier molecular flexibility index (Phi) is 2.24. The van der Waals surface area contributed by atoms with Gasteiger partial charge < -0.3 is 22.7 Å². The van der Waals surface area contributed by atoms with Gasteiger partial charge in [-0.3, -0.25) is 9.59 Å². The maximum absolute atomic E-state index is 11.7. The molecule has 6 heteroatoms. The molecule has 5 nitrogen and oxygen atoms in total. The summed E-state index contributed by atoms with van der Waals surface area (Å²) in [7, 11) is 0. The van der Waals surface area contributed by atoms with E-state index < -0.39 is 11.3 Å². The van der Waals surface area contributed by atoms with Gasteiger partial charge in [0.1, 0.15) is 5.41 Å². The summed E-state index contributed by atoms with van der Waals surface area (Å²) in [5, 5.41) is 2.39. The van der Waals surface area contributed by atoms with E-state index in [0.29, 0.717) is 26.1 Å². The van der Waals surface area contributed by atoms with Crippen molar-refractivity contribution in [1.29, 1.82) is 0 Å². The van der Waals surface area contributed by atoms with Crippen molar-refractivity contribution < 1.29 is 14.3 Å². The Morgan fingerprint density at radius 2 is 2.00 bits per heavy atom. The second-order valence-electron chi connectivity index (χ2n) is 3.37. The molecule has 1 fully saturated rings. The molecule has 2 rings (SSSR count). The summed E-state index contributed by atoms with van der Waals surface area (Å²) in [5.41, 5.74) is -1.01. The van der Waals surface area contributed by atoms with Crippen LogP contribution in [-0.2, 0) is 27.0 Å². The predicted molar refractivity (Wildman–Crippen MR) is 50.4 cm³/mol. The lowest BCUT2D eigenvalue weighted by molar-refractivity contribution is -0.148. The van der Waals surface area contributed by atoms with Gasteiger partial charge in [-0.15, -0.1) is 0 Å². The number of ether oxygens (including phenoxy) is 1. The van der Waals surface area contributed by atoms with Gasteiger partial charge in [-0.2, -0.15) is 0 Å². The van der Waals surface area contributed by atoms with Crippen molar-refractivity contribution in [2.45, 2.75) is 12.8 Å². The Bertz CT molecular complexity index is 321. The SMILES string of the molecule is O=C1N=C([S-])NC(=O)C12CCOCC2. The number of amides is 2. The lowest BCUT2D eigenvalue weighted by atomic mass is 9.78. The van der Waals surface area contributed by atoms with Gasteiger partial charge >= 0.3 is 0 Å². The fourth-order valence-electron chi connectivity index (χ4n) is 1.70. The number of nitrogens with zero attached hydrogens (tertiary/aromatic N) is 1. The molecule has 0 aliphatic carbocycles. The van der Waals surface area contributed by atoms with Gasteiger partial charge in [0, 0.05) is 13.2 Å². The minimum Gasteiger partial charge on any atom is -0.742 e. The molecule has 2 aliphatic rings. The molecule has 1 saturated heterocycles. The van der Waals surface area contributed by atoms with Crippen LogP contribution in [-0.4, -0.2) is 30.2 Å². The van der Waals surface area contributed by atoms with Crippen LogP contribution in [0.4, 0.5) is 0 Å². The molecular formula is C8H9N2O3S-. The van der Waals surface area contributed by atoms with Crippen LogP contribution in [0.15, 0.2) is 4.99 Å². The molecule has 2 amide bonds. The Morgan fingerprint density at radius 1 is 1.36 bits per heavy atom. The van der Waals surface area contributed by atoms with Crippen molar-refractivity contribution in [3.8, 4) is 0 Å². The van der Waals surface area contributed by atoms with E-state index in [9.17, 15) is 9.59 Å². The summed E-state index contributed by atoms with van der Waals surface area (Å²) in [6, 6.07) is 0. The standard InChI is InChI=1S/C8H10N2O3S/c11-5-8(1-3-13-4-2-8)6(12)10-7(14)9-5/h1-4H2,(H2,9,10,11,12,14)/p-1. The molecule has 0 bridgehead atoms. The van der Waals surface area contributed by atoms with E-state index in [1.165, 1.54) is 0 Å². The molecule has 1 N–H and O–H groups in total. The van der Waals surface area contributed by atoms with Crippen LogP contribution in [0.25, 0.3) is 0 Å². The minimum absolute atomic E-state index is 0.0304. The quantitative estimate of drug-likeness (QED) is 0.428. The van der Waals surface area contributed by atoms with Crippen LogP contribution in [0, 0.1) is 5.41 Å². The van der Waals surface area contributed by atoms with Gasteiger partial charge in [-0.25, -0.2) is 4.99 Å². The first-order valence-corrected chi connectivity index (χ1v) is 4.75. The molecule has 14 heavy (non-hydrogen) atoms. The third-order valence-electron chi connectivity index (χ3n) is 2.61. The maximum Gasteiger partial charge on any atom is 0.261 e. The molecule has 0 aromatic carbocycles. The monoisotopic (exact) mass is 213 g/mol. The summed E-state index contributed by atoms with van der Waals surface area (Å²) in [5.74, 6) is -0.750. The van der Waals surface area contributed by atoms with Crippen LogP contribution >= 0.6 is 0 Å². The predicted octanol–water partition coefficient (Wildman–Crippen LogP) is -0.658. The number of nitrogens with one attached hydrogen (secondary N) is 1. The van der Waals surface area contributed by atoms with Crippen LogP contribution in [0.3, 0.4) is 0 Å². The normalized spacial score (nSPS) is 25.9. The zero-order chi connectivity index (χ0) is 10.2. The molecule has 0 unspecified atom stereocenters. The summed E-state index contributed by atoms with van der Waals surface area (Å²) in [4.78, 5) is 26.9. The summed E-state index contributed by atoms with van der Waals surface area (Å²) in [6.07, 6.45) is 0.785. The van der Waals surface area contributed by atoms with Crippen LogP contribution in [0.2, 0.25) is 0 Å². The van der Waals surface area contributed by atoms with Crippen LogP contribution in [0.1, 0.15) is 12.8 Å². The summed E-state index contributed by atoms with van der Waals surface area (Å²) < 4.78 is 5.11. The van der Waals surface area contributed by atoms with Gasteiger partial charge in [0.2, 0.25) is 5.91 Å². The molecule has 2 aliphatic heterocycles. The number of aliphatic imine (C=N–C) groups is 1. The lowest BCUT2D eigenvalue weighted by Crippen LogP contribution is -2.54. The topological polar surface area (TPSA) is 67.8 Å². The zero-order valence-corrected chi connectivity index (χ0v) is 8.23. The van der Waals surface area contributed by atoms with Crippen LogP contribution < -0.4 is 5.32 Å². The van der Waals surface area contributed by atoms with E-state index in [-0.39, 0.29) is 11.1 Å². The van der Waals surface area contributed by atoms with E-state index >= 15 is 0 Å². The van der Waals surface area contributed by atoms with Gasteiger partial charge in [0.15, 0.2) is 0 Å². The second kappa shape index (κ2) is 3.29. The summed E-state index contributed by atoms with van der Waals surface area (Å²) in [6.45, 7) is 0.836. The Labute approximate surface area is 86.3 Å². The molecule has 0 radical (unpaired) electrons. The van der Waals surface area contributed by atoms with E-state index in [2.05, 4.69) is 22.9 Å². The zero-order valence-electron chi connectivity index (χ0n) is 7.41. The van der Waals surface area contributed by atoms with Crippen molar-refractivity contribution in [1.82, 2.24) is 5.32 Å². The molecule has 76 valence electrons. The van der Waals surface area contributed by atoms with Gasteiger partial charge in [0.25, 0.3) is 5.91 Å². The number of amidine groups is 1. The molecule has 1 spiro atoms. The largest absolute Gasteiger partial charge is 0.742 e. The first-order chi connectivity index (χ1) is 6.65. The van der Waals surface area contributed by atoms with Gasteiger partial charge in [-0.05, 0) is 18.0 Å². The fraction of sp³-hybridized carbons (Fsp3) is 0.625. The number of carbonyl (C=O) groups excluding carboxylic acids is 2. The number of carbonyl (C=O) groups is 2. The highest BCUT2D eigenvalue weighted by Crippen LogP contribution is 2.33. The molecule has 0 aromatic rings.